The summed E-state index contributed by atoms with van der Waals surface area (Å²) in [5.74, 6) is -1.42. The molecule has 12 heteroatoms. The largest absolute Gasteiger partial charge is 0.277 e. The standard InChI is InChI=1S/C17H10BrClF2N2O4S2/c18-11-9-16(17(19)22-10-11)23(28(24,25)14-5-1-12(20)2-6-14)29(26,27)15-7-3-13(21)4-8-15/h1-10H. The van der Waals surface area contributed by atoms with Gasteiger partial charge in [0.1, 0.15) is 17.3 Å². The SMILES string of the molecule is O=S(=O)(c1ccc(F)cc1)N(c1cc(Br)cnc1Cl)S(=O)(=O)c1ccc(F)cc1. The summed E-state index contributed by atoms with van der Waals surface area (Å²) in [6.07, 6.45) is 1.25. The van der Waals surface area contributed by atoms with E-state index in [1.165, 1.54) is 6.20 Å². The van der Waals surface area contributed by atoms with E-state index in [1.807, 2.05) is 0 Å². The summed E-state index contributed by atoms with van der Waals surface area (Å²) in [7, 11) is -9.57. The van der Waals surface area contributed by atoms with Crippen LogP contribution in [-0.4, -0.2) is 21.8 Å². The molecule has 0 bridgehead atoms. The number of benzene rings is 2. The first kappa shape index (κ1) is 21.6. The van der Waals surface area contributed by atoms with Crippen molar-refractivity contribution < 1.29 is 25.6 Å². The van der Waals surface area contributed by atoms with Crippen LogP contribution in [0, 0.1) is 11.6 Å². The Hall–Kier alpha value is -2.08. The minimum atomic E-state index is -4.79. The van der Waals surface area contributed by atoms with Crippen LogP contribution in [0.3, 0.4) is 0 Å². The minimum absolute atomic E-state index is 0.0839. The molecule has 0 aliphatic heterocycles. The third kappa shape index (κ3) is 4.27. The Morgan fingerprint density at radius 3 is 1.66 bits per heavy atom. The Balaban J connectivity index is 2.31. The molecule has 0 amide bonds. The van der Waals surface area contributed by atoms with Crippen LogP contribution in [0.1, 0.15) is 0 Å². The molecule has 3 aromatic rings. The molecule has 0 unspecified atom stereocenters. The lowest BCUT2D eigenvalue weighted by atomic mass is 10.4. The third-order valence-corrected chi connectivity index (χ3v) is 8.55. The lowest BCUT2D eigenvalue weighted by Crippen LogP contribution is -2.37. The molecule has 0 radical (unpaired) electrons. The lowest BCUT2D eigenvalue weighted by molar-refractivity contribution is 0.583. The van der Waals surface area contributed by atoms with Crippen LogP contribution >= 0.6 is 27.5 Å². The molecule has 1 aromatic heterocycles. The second-order valence-corrected chi connectivity index (χ2v) is 10.7. The molecule has 29 heavy (non-hydrogen) atoms. The fourth-order valence-electron chi connectivity index (χ4n) is 2.33. The van der Waals surface area contributed by atoms with Crippen LogP contribution in [0.15, 0.2) is 75.1 Å². The summed E-state index contributed by atoms with van der Waals surface area (Å²) in [5.41, 5.74) is -0.463. The monoisotopic (exact) mass is 522 g/mol. The first-order valence-electron chi connectivity index (χ1n) is 7.66. The van der Waals surface area contributed by atoms with Gasteiger partial charge < -0.3 is 0 Å². The number of hydrogen-bond donors (Lipinski definition) is 0. The fraction of sp³-hybridized carbons (Fsp3) is 0. The summed E-state index contributed by atoms with van der Waals surface area (Å²) in [6, 6.07) is 8.29. The number of hydrogen-bond acceptors (Lipinski definition) is 5. The van der Waals surface area contributed by atoms with E-state index in [9.17, 15) is 25.6 Å². The lowest BCUT2D eigenvalue weighted by Gasteiger charge is -2.24. The van der Waals surface area contributed by atoms with Gasteiger partial charge in [-0.25, -0.2) is 30.6 Å². The number of anilines is 1. The molecule has 2 aromatic carbocycles. The number of nitrogens with zero attached hydrogens (tertiary/aromatic N) is 2. The van der Waals surface area contributed by atoms with Crippen molar-refractivity contribution in [3.8, 4) is 0 Å². The first-order chi connectivity index (χ1) is 13.5. The molecule has 0 spiro atoms. The maximum atomic E-state index is 13.3. The molecule has 152 valence electrons. The molecule has 0 saturated heterocycles. The van der Waals surface area contributed by atoms with Crippen molar-refractivity contribution in [2.75, 3.05) is 3.71 Å². The van der Waals surface area contributed by atoms with Gasteiger partial charge in [-0.2, -0.15) is 3.71 Å². The molecule has 0 saturated carbocycles. The van der Waals surface area contributed by atoms with E-state index in [2.05, 4.69) is 20.9 Å². The van der Waals surface area contributed by atoms with Crippen LogP contribution in [-0.2, 0) is 20.0 Å². The third-order valence-electron chi connectivity index (χ3n) is 3.64. The zero-order valence-corrected chi connectivity index (χ0v) is 18.1. The van der Waals surface area contributed by atoms with E-state index in [4.69, 9.17) is 11.6 Å². The van der Waals surface area contributed by atoms with Crippen molar-refractivity contribution in [1.29, 1.82) is 0 Å². The highest BCUT2D eigenvalue weighted by Crippen LogP contribution is 2.36. The van der Waals surface area contributed by atoms with E-state index < -0.39 is 52.3 Å². The van der Waals surface area contributed by atoms with Crippen LogP contribution in [0.25, 0.3) is 0 Å². The number of aromatic nitrogens is 1. The van der Waals surface area contributed by atoms with E-state index in [-0.39, 0.29) is 8.18 Å². The molecule has 1 heterocycles. The first-order valence-corrected chi connectivity index (χ1v) is 11.7. The Morgan fingerprint density at radius 1 is 0.828 bits per heavy atom. The summed E-state index contributed by atoms with van der Waals surface area (Å²) < 4.78 is 79.8. The zero-order valence-electron chi connectivity index (χ0n) is 14.1. The Labute approximate surface area is 179 Å². The zero-order chi connectivity index (χ0) is 21.4. The summed E-state index contributed by atoms with van der Waals surface area (Å²) in [5, 5.41) is -0.412. The second-order valence-electron chi connectivity index (χ2n) is 5.58. The number of rotatable bonds is 5. The van der Waals surface area contributed by atoms with Crippen LogP contribution in [0.2, 0.25) is 5.15 Å². The topological polar surface area (TPSA) is 84.4 Å². The normalized spacial score (nSPS) is 12.0. The quantitative estimate of drug-likeness (QED) is 0.464. The van der Waals surface area contributed by atoms with Crippen molar-refractivity contribution in [2.45, 2.75) is 9.79 Å². The smallest absolute Gasteiger partial charge is 0.241 e. The van der Waals surface area contributed by atoms with E-state index in [1.54, 1.807) is 0 Å². The molecular weight excluding hydrogens is 514 g/mol. The van der Waals surface area contributed by atoms with Crippen LogP contribution in [0.5, 0.6) is 0 Å². The summed E-state index contributed by atoms with van der Waals surface area (Å²) in [4.78, 5) is 2.77. The number of pyridine rings is 1. The molecule has 6 nitrogen and oxygen atoms in total. The molecular formula is C17H10BrClF2N2O4S2. The van der Waals surface area contributed by atoms with E-state index >= 15 is 0 Å². The van der Waals surface area contributed by atoms with Gasteiger partial charge in [-0.1, -0.05) is 11.6 Å². The van der Waals surface area contributed by atoms with Gasteiger partial charge in [0.05, 0.1) is 9.79 Å². The highest BCUT2D eigenvalue weighted by Gasteiger charge is 2.38. The molecule has 0 aliphatic carbocycles. The van der Waals surface area contributed by atoms with Crippen LogP contribution in [0.4, 0.5) is 14.5 Å². The second kappa shape index (κ2) is 7.98. The fourth-order valence-corrected chi connectivity index (χ4v) is 6.63. The van der Waals surface area contributed by atoms with Gasteiger partial charge in [0.25, 0.3) is 20.0 Å². The van der Waals surface area contributed by atoms with Gasteiger partial charge in [0, 0.05) is 10.7 Å². The molecule has 0 fully saturated rings. The molecule has 3 rings (SSSR count). The van der Waals surface area contributed by atoms with Gasteiger partial charge in [0.15, 0.2) is 5.15 Å². The predicted octanol–water partition coefficient (Wildman–Crippen LogP) is 4.36. The summed E-state index contributed by atoms with van der Waals surface area (Å²) in [6.45, 7) is 0. The Morgan fingerprint density at radius 2 is 1.24 bits per heavy atom. The Bertz CT molecular complexity index is 1190. The highest BCUT2D eigenvalue weighted by atomic mass is 79.9. The summed E-state index contributed by atoms with van der Waals surface area (Å²) >= 11 is 9.10. The number of halogens is 4. The van der Waals surface area contributed by atoms with Crippen molar-refractivity contribution in [1.82, 2.24) is 4.98 Å². The average molecular weight is 524 g/mol. The Kier molecular flexibility index (Phi) is 5.95. The van der Waals surface area contributed by atoms with Crippen LogP contribution < -0.4 is 3.71 Å². The predicted molar refractivity (Wildman–Crippen MR) is 107 cm³/mol. The van der Waals surface area contributed by atoms with Crippen molar-refractivity contribution >= 4 is 53.3 Å². The minimum Gasteiger partial charge on any atom is -0.241 e. The van der Waals surface area contributed by atoms with Gasteiger partial charge >= 0.3 is 0 Å². The molecule has 0 atom stereocenters. The maximum absolute atomic E-state index is 13.3. The van der Waals surface area contributed by atoms with Gasteiger partial charge in [-0.15, -0.1) is 0 Å². The average Bonchev–Trinajstić information content (AvgIpc) is 2.65. The number of sulfonamides is 2. The van der Waals surface area contributed by atoms with E-state index in [0.717, 1.165) is 54.6 Å². The van der Waals surface area contributed by atoms with Crippen molar-refractivity contribution in [2.24, 2.45) is 0 Å². The van der Waals surface area contributed by atoms with Crippen molar-refractivity contribution in [3.05, 3.63) is 82.1 Å². The van der Waals surface area contributed by atoms with Gasteiger partial charge in [-0.05, 0) is 70.5 Å². The molecule has 0 aliphatic rings. The van der Waals surface area contributed by atoms with Crippen molar-refractivity contribution in [3.63, 3.8) is 0 Å². The molecule has 0 N–H and O–H groups in total. The van der Waals surface area contributed by atoms with Gasteiger partial charge in [0.2, 0.25) is 0 Å². The maximum Gasteiger partial charge on any atom is 0.277 e. The van der Waals surface area contributed by atoms with Gasteiger partial charge in [-0.3, -0.25) is 0 Å². The highest BCUT2D eigenvalue weighted by molar-refractivity contribution is 9.10. The van der Waals surface area contributed by atoms with E-state index in [0.29, 0.717) is 0 Å².